The molecule has 0 aliphatic heterocycles. The molecule has 0 saturated carbocycles. The number of hydrogen-bond donors (Lipinski definition) is 1. The van der Waals surface area contributed by atoms with Crippen molar-refractivity contribution >= 4 is 49.2 Å². The highest BCUT2D eigenvalue weighted by molar-refractivity contribution is 9.10. The fraction of sp³-hybridized carbons (Fsp3) is 0.190. The Kier molecular flexibility index (Phi) is 5.71. The fourth-order valence-corrected chi connectivity index (χ4v) is 4.56. The second-order valence-electron chi connectivity index (χ2n) is 6.85. The van der Waals surface area contributed by atoms with E-state index in [0.29, 0.717) is 22.5 Å². The summed E-state index contributed by atoms with van der Waals surface area (Å²) in [5, 5.41) is 18.3. The number of aryl methyl sites for hydroxylation is 1. The predicted octanol–water partition coefficient (Wildman–Crippen LogP) is 4.08. The number of carbonyl (C=O) groups is 1. The van der Waals surface area contributed by atoms with Crippen molar-refractivity contribution < 1.29 is 4.79 Å². The van der Waals surface area contributed by atoms with Gasteiger partial charge in [0, 0.05) is 22.5 Å². The molecular weight excluding hydrogens is 480 g/mol. The van der Waals surface area contributed by atoms with Gasteiger partial charge in [-0.1, -0.05) is 35.0 Å². The number of halogens is 1. The van der Waals surface area contributed by atoms with Gasteiger partial charge in [-0.05, 0) is 24.1 Å². The topological polar surface area (TPSA) is 106 Å². The SMILES string of the molecule is CCC(C(=O)Nc1c(C#N)cnn1C)n1cnc2scc(-c3ccc(Br)cc3)c2c1=O. The van der Waals surface area contributed by atoms with Crippen LogP contribution in [0.2, 0.25) is 0 Å². The molecule has 0 saturated heterocycles. The van der Waals surface area contributed by atoms with Crippen molar-refractivity contribution in [3.8, 4) is 17.2 Å². The molecule has 8 nitrogen and oxygen atoms in total. The van der Waals surface area contributed by atoms with E-state index < -0.39 is 11.9 Å². The summed E-state index contributed by atoms with van der Waals surface area (Å²) < 4.78 is 3.72. The number of nitriles is 1. The van der Waals surface area contributed by atoms with Crippen LogP contribution in [0.1, 0.15) is 24.9 Å². The molecule has 4 rings (SSSR count). The molecule has 3 aromatic heterocycles. The zero-order valence-corrected chi connectivity index (χ0v) is 19.1. The Hall–Kier alpha value is -3.29. The number of nitrogens with one attached hydrogen (secondary N) is 1. The molecule has 0 spiro atoms. The first-order chi connectivity index (χ1) is 14.9. The van der Waals surface area contributed by atoms with E-state index in [1.165, 1.54) is 33.1 Å². The Morgan fingerprint density at radius 2 is 2.10 bits per heavy atom. The quantitative estimate of drug-likeness (QED) is 0.447. The minimum Gasteiger partial charge on any atom is -0.308 e. The normalized spacial score (nSPS) is 11.9. The molecule has 1 aromatic carbocycles. The van der Waals surface area contributed by atoms with E-state index in [-0.39, 0.29) is 11.1 Å². The van der Waals surface area contributed by atoms with Crippen molar-refractivity contribution in [1.29, 1.82) is 5.26 Å². The summed E-state index contributed by atoms with van der Waals surface area (Å²) in [6, 6.07) is 8.90. The lowest BCUT2D eigenvalue weighted by Gasteiger charge is -2.18. The number of amides is 1. The van der Waals surface area contributed by atoms with Crippen molar-refractivity contribution in [2.45, 2.75) is 19.4 Å². The molecule has 0 fully saturated rings. The van der Waals surface area contributed by atoms with E-state index in [4.69, 9.17) is 0 Å². The average molecular weight is 497 g/mol. The average Bonchev–Trinajstić information content (AvgIpc) is 3.35. The number of benzene rings is 1. The monoisotopic (exact) mass is 496 g/mol. The van der Waals surface area contributed by atoms with Crippen LogP contribution in [0.3, 0.4) is 0 Å². The van der Waals surface area contributed by atoms with Crippen LogP contribution in [0, 0.1) is 11.3 Å². The van der Waals surface area contributed by atoms with E-state index in [0.717, 1.165) is 15.6 Å². The van der Waals surface area contributed by atoms with Gasteiger partial charge in [0.2, 0.25) is 5.91 Å². The van der Waals surface area contributed by atoms with Crippen LogP contribution in [0.15, 0.2) is 51.4 Å². The summed E-state index contributed by atoms with van der Waals surface area (Å²) in [5.74, 6) is -0.120. The molecule has 0 radical (unpaired) electrons. The fourth-order valence-electron chi connectivity index (χ4n) is 3.39. The lowest BCUT2D eigenvalue weighted by molar-refractivity contribution is -0.119. The van der Waals surface area contributed by atoms with Crippen LogP contribution in [-0.2, 0) is 11.8 Å². The molecule has 1 unspecified atom stereocenters. The smallest absolute Gasteiger partial charge is 0.263 e. The lowest BCUT2D eigenvalue weighted by Crippen LogP contribution is -2.33. The molecule has 156 valence electrons. The maximum absolute atomic E-state index is 13.4. The number of fused-ring (bicyclic) bond motifs is 1. The van der Waals surface area contributed by atoms with Crippen LogP contribution in [0.4, 0.5) is 5.82 Å². The molecular formula is C21H17BrN6O2S. The highest BCUT2D eigenvalue weighted by Gasteiger charge is 2.24. The van der Waals surface area contributed by atoms with Gasteiger partial charge in [0.25, 0.3) is 5.56 Å². The maximum atomic E-state index is 13.4. The molecule has 10 heteroatoms. The molecule has 0 bridgehead atoms. The Labute approximate surface area is 189 Å². The number of carbonyl (C=O) groups excluding carboxylic acids is 1. The molecule has 3 heterocycles. The highest BCUT2D eigenvalue weighted by Crippen LogP contribution is 2.31. The van der Waals surface area contributed by atoms with Crippen molar-refractivity contribution in [3.05, 3.63) is 62.6 Å². The summed E-state index contributed by atoms with van der Waals surface area (Å²) in [6.07, 6.45) is 3.16. The Morgan fingerprint density at radius 1 is 1.35 bits per heavy atom. The number of hydrogen-bond acceptors (Lipinski definition) is 6. The molecule has 0 aliphatic rings. The summed E-state index contributed by atoms with van der Waals surface area (Å²) in [5.41, 5.74) is 1.66. The lowest BCUT2D eigenvalue weighted by atomic mass is 10.1. The third-order valence-electron chi connectivity index (χ3n) is 5.00. The molecule has 1 atom stereocenters. The van der Waals surface area contributed by atoms with Gasteiger partial charge in [0.1, 0.15) is 28.3 Å². The van der Waals surface area contributed by atoms with E-state index in [1.54, 1.807) is 7.05 Å². The van der Waals surface area contributed by atoms with Gasteiger partial charge in [-0.3, -0.25) is 18.8 Å². The summed E-state index contributed by atoms with van der Waals surface area (Å²) >= 11 is 4.81. The van der Waals surface area contributed by atoms with E-state index in [1.807, 2.05) is 42.6 Å². The molecule has 1 N–H and O–H groups in total. The number of rotatable bonds is 5. The van der Waals surface area contributed by atoms with Gasteiger partial charge in [-0.25, -0.2) is 4.98 Å². The molecule has 4 aromatic rings. The van der Waals surface area contributed by atoms with Crippen LogP contribution in [-0.4, -0.2) is 25.2 Å². The van der Waals surface area contributed by atoms with Crippen LogP contribution in [0.5, 0.6) is 0 Å². The zero-order chi connectivity index (χ0) is 22.1. The standard InChI is InChI=1S/C21H17BrN6O2S/c1-3-16(19(29)26-18-13(8-23)9-25-27(18)2)28-11-24-20-17(21(28)30)15(10-31-20)12-4-6-14(22)7-5-12/h4-7,9-11,16H,3H2,1-2H3,(H,26,29). The van der Waals surface area contributed by atoms with Gasteiger partial charge >= 0.3 is 0 Å². The number of anilines is 1. The van der Waals surface area contributed by atoms with Gasteiger partial charge in [-0.15, -0.1) is 11.3 Å². The van der Waals surface area contributed by atoms with Gasteiger partial charge in [0.05, 0.1) is 17.9 Å². The first-order valence-corrected chi connectivity index (χ1v) is 11.1. The summed E-state index contributed by atoms with van der Waals surface area (Å²) in [4.78, 5) is 31.5. The van der Waals surface area contributed by atoms with E-state index in [2.05, 4.69) is 31.3 Å². The Morgan fingerprint density at radius 3 is 2.77 bits per heavy atom. The Balaban J connectivity index is 1.76. The summed E-state index contributed by atoms with van der Waals surface area (Å²) in [6.45, 7) is 1.82. The highest BCUT2D eigenvalue weighted by atomic mass is 79.9. The van der Waals surface area contributed by atoms with Gasteiger partial charge in [0.15, 0.2) is 0 Å². The number of nitrogens with zero attached hydrogens (tertiary/aromatic N) is 5. The van der Waals surface area contributed by atoms with Crippen molar-refractivity contribution in [2.24, 2.45) is 7.05 Å². The van der Waals surface area contributed by atoms with E-state index >= 15 is 0 Å². The van der Waals surface area contributed by atoms with Crippen molar-refractivity contribution in [3.63, 3.8) is 0 Å². The number of aromatic nitrogens is 4. The van der Waals surface area contributed by atoms with E-state index in [9.17, 15) is 14.9 Å². The first kappa shape index (κ1) is 21.0. The third-order valence-corrected chi connectivity index (χ3v) is 6.42. The summed E-state index contributed by atoms with van der Waals surface area (Å²) in [7, 11) is 1.63. The van der Waals surface area contributed by atoms with Crippen LogP contribution in [0.25, 0.3) is 21.3 Å². The minimum atomic E-state index is -0.788. The number of thiophene rings is 1. The van der Waals surface area contributed by atoms with Crippen molar-refractivity contribution in [1.82, 2.24) is 19.3 Å². The van der Waals surface area contributed by atoms with Crippen molar-refractivity contribution in [2.75, 3.05) is 5.32 Å². The first-order valence-electron chi connectivity index (χ1n) is 9.41. The molecule has 31 heavy (non-hydrogen) atoms. The Bertz CT molecular complexity index is 1380. The van der Waals surface area contributed by atoms with Crippen LogP contribution < -0.4 is 10.9 Å². The van der Waals surface area contributed by atoms with Gasteiger partial charge < -0.3 is 5.32 Å². The zero-order valence-electron chi connectivity index (χ0n) is 16.7. The second-order valence-corrected chi connectivity index (χ2v) is 8.62. The third kappa shape index (κ3) is 3.78. The molecule has 1 amide bonds. The largest absolute Gasteiger partial charge is 0.308 e. The van der Waals surface area contributed by atoms with Crippen LogP contribution >= 0.6 is 27.3 Å². The molecule has 0 aliphatic carbocycles. The van der Waals surface area contributed by atoms with Gasteiger partial charge in [-0.2, -0.15) is 10.4 Å². The second kappa shape index (κ2) is 8.45. The predicted molar refractivity (Wildman–Crippen MR) is 123 cm³/mol. The maximum Gasteiger partial charge on any atom is 0.263 e. The minimum absolute atomic E-state index is 0.252.